The molecule has 0 aromatic heterocycles. The van der Waals surface area contributed by atoms with Crippen LogP contribution in [0, 0.1) is 5.82 Å². The van der Waals surface area contributed by atoms with Crippen LogP contribution in [0.25, 0.3) is 0 Å². The molecule has 0 aliphatic heterocycles. The van der Waals surface area contributed by atoms with Gasteiger partial charge in [-0.25, -0.2) is 12.8 Å². The summed E-state index contributed by atoms with van der Waals surface area (Å²) in [5.74, 6) is -0.689. The van der Waals surface area contributed by atoms with Crippen LogP contribution in [0.15, 0.2) is 77.7 Å². The number of rotatable bonds is 9. The van der Waals surface area contributed by atoms with Crippen molar-refractivity contribution in [1.82, 2.24) is 4.72 Å². The van der Waals surface area contributed by atoms with Crippen LogP contribution in [0.5, 0.6) is 5.75 Å². The summed E-state index contributed by atoms with van der Waals surface area (Å²) in [4.78, 5) is 13.0. The van der Waals surface area contributed by atoms with Crippen molar-refractivity contribution < 1.29 is 22.3 Å². The summed E-state index contributed by atoms with van der Waals surface area (Å²) in [7, 11) is -4.02. The fourth-order valence-electron chi connectivity index (χ4n) is 2.98. The predicted octanol–water partition coefficient (Wildman–Crippen LogP) is 4.41. The van der Waals surface area contributed by atoms with Crippen LogP contribution < -0.4 is 14.8 Å². The normalized spacial score (nSPS) is 12.2. The number of halogens is 2. The maximum atomic E-state index is 13.4. The van der Waals surface area contributed by atoms with Crippen LogP contribution in [0.3, 0.4) is 0 Å². The predicted molar refractivity (Wildman–Crippen MR) is 122 cm³/mol. The number of amides is 1. The van der Waals surface area contributed by atoms with Gasteiger partial charge in [-0.15, -0.1) is 0 Å². The van der Waals surface area contributed by atoms with Gasteiger partial charge in [0.05, 0.1) is 16.5 Å². The van der Waals surface area contributed by atoms with Gasteiger partial charge < -0.3 is 10.1 Å². The first-order valence-electron chi connectivity index (χ1n) is 9.83. The minimum Gasteiger partial charge on any atom is -0.494 e. The minimum absolute atomic E-state index is 0.00311. The number of benzene rings is 3. The number of nitrogens with one attached hydrogen (secondary N) is 2. The molecule has 0 saturated heterocycles. The topological polar surface area (TPSA) is 84.5 Å². The number of sulfonamides is 1. The van der Waals surface area contributed by atoms with Gasteiger partial charge in [0.2, 0.25) is 15.9 Å². The lowest BCUT2D eigenvalue weighted by molar-refractivity contribution is -0.117. The summed E-state index contributed by atoms with van der Waals surface area (Å²) in [6.07, 6.45) is 0.109. The first-order valence-corrected chi connectivity index (χ1v) is 11.7. The van der Waals surface area contributed by atoms with Crippen molar-refractivity contribution in [3.63, 3.8) is 0 Å². The first-order chi connectivity index (χ1) is 15.3. The second-order valence-electron chi connectivity index (χ2n) is 6.89. The Bertz CT molecular complexity index is 1170. The highest BCUT2D eigenvalue weighted by Crippen LogP contribution is 2.21. The van der Waals surface area contributed by atoms with Gasteiger partial charge in [-0.2, -0.15) is 4.72 Å². The van der Waals surface area contributed by atoms with E-state index in [0.717, 1.165) is 11.6 Å². The van der Waals surface area contributed by atoms with Gasteiger partial charge in [0.25, 0.3) is 0 Å². The number of anilines is 1. The van der Waals surface area contributed by atoms with Gasteiger partial charge in [0, 0.05) is 5.69 Å². The molecule has 0 aliphatic carbocycles. The van der Waals surface area contributed by atoms with Gasteiger partial charge in [-0.3, -0.25) is 4.79 Å². The molecule has 3 rings (SSSR count). The Morgan fingerprint density at radius 1 is 1.06 bits per heavy atom. The second kappa shape index (κ2) is 10.6. The van der Waals surface area contributed by atoms with Crippen LogP contribution in [0.4, 0.5) is 10.1 Å². The number of hydrogen-bond acceptors (Lipinski definition) is 4. The Hall–Kier alpha value is -2.94. The molecule has 9 heteroatoms. The SMILES string of the molecule is CCOc1ccc(S(=O)(=O)N[C@@H](Cc2ccccc2)C(=O)Nc2ccc(F)c(Cl)c2)cc1. The van der Waals surface area contributed by atoms with Gasteiger partial charge in [0.15, 0.2) is 0 Å². The molecule has 1 amide bonds. The molecule has 0 spiro atoms. The number of ether oxygens (including phenoxy) is 1. The smallest absolute Gasteiger partial charge is 0.242 e. The van der Waals surface area contributed by atoms with Crippen molar-refractivity contribution in [1.29, 1.82) is 0 Å². The zero-order valence-corrected chi connectivity index (χ0v) is 18.8. The second-order valence-corrected chi connectivity index (χ2v) is 9.01. The zero-order chi connectivity index (χ0) is 23.1. The van der Waals surface area contributed by atoms with Crippen LogP contribution >= 0.6 is 11.6 Å². The third kappa shape index (κ3) is 6.29. The van der Waals surface area contributed by atoms with Gasteiger partial charge >= 0.3 is 0 Å². The Balaban J connectivity index is 1.84. The summed E-state index contributed by atoms with van der Waals surface area (Å²) in [6.45, 7) is 2.28. The molecule has 1 atom stereocenters. The van der Waals surface area contributed by atoms with Crippen molar-refractivity contribution >= 4 is 33.2 Å². The Morgan fingerprint density at radius 2 is 1.75 bits per heavy atom. The van der Waals surface area contributed by atoms with E-state index in [1.807, 2.05) is 13.0 Å². The third-order valence-corrected chi connectivity index (χ3v) is 6.31. The molecule has 0 fully saturated rings. The molecule has 6 nitrogen and oxygen atoms in total. The quantitative estimate of drug-likeness (QED) is 0.479. The lowest BCUT2D eigenvalue weighted by Crippen LogP contribution is -2.45. The maximum absolute atomic E-state index is 13.4. The van der Waals surface area contributed by atoms with Crippen LogP contribution in [0.1, 0.15) is 12.5 Å². The molecule has 32 heavy (non-hydrogen) atoms. The van der Waals surface area contributed by atoms with E-state index in [9.17, 15) is 17.6 Å². The van der Waals surface area contributed by atoms with Crippen molar-refractivity contribution in [2.24, 2.45) is 0 Å². The maximum Gasteiger partial charge on any atom is 0.242 e. The molecular weight excluding hydrogens is 455 g/mol. The van der Waals surface area contributed by atoms with E-state index < -0.39 is 27.8 Å². The van der Waals surface area contributed by atoms with Crippen molar-refractivity contribution in [2.75, 3.05) is 11.9 Å². The Kier molecular flexibility index (Phi) is 7.84. The zero-order valence-electron chi connectivity index (χ0n) is 17.2. The molecular formula is C23H22ClFN2O4S. The summed E-state index contributed by atoms with van der Waals surface area (Å²) < 4.78 is 47.1. The highest BCUT2D eigenvalue weighted by molar-refractivity contribution is 7.89. The molecule has 0 bridgehead atoms. The van der Waals surface area contributed by atoms with Gasteiger partial charge in [-0.05, 0) is 61.4 Å². The van der Waals surface area contributed by atoms with Crippen LogP contribution in [-0.4, -0.2) is 27.0 Å². The van der Waals surface area contributed by atoms with Gasteiger partial charge in [-0.1, -0.05) is 41.9 Å². The molecule has 0 unspecified atom stereocenters. The highest BCUT2D eigenvalue weighted by Gasteiger charge is 2.26. The Morgan fingerprint density at radius 3 is 2.38 bits per heavy atom. The fourth-order valence-corrected chi connectivity index (χ4v) is 4.35. The van der Waals surface area contributed by atoms with Crippen molar-refractivity contribution in [3.8, 4) is 5.75 Å². The number of hydrogen-bond donors (Lipinski definition) is 2. The summed E-state index contributed by atoms with van der Waals surface area (Å²) >= 11 is 5.78. The van der Waals surface area contributed by atoms with Crippen molar-refractivity contribution in [2.45, 2.75) is 24.3 Å². The molecule has 0 saturated carbocycles. The van der Waals surface area contributed by atoms with E-state index in [4.69, 9.17) is 16.3 Å². The monoisotopic (exact) mass is 476 g/mol. The summed E-state index contributed by atoms with van der Waals surface area (Å²) in [5, 5.41) is 2.44. The third-order valence-electron chi connectivity index (χ3n) is 4.53. The van der Waals surface area contributed by atoms with Gasteiger partial charge in [0.1, 0.15) is 17.6 Å². The number of carbonyl (C=O) groups is 1. The van der Waals surface area contributed by atoms with Crippen LogP contribution in [0.2, 0.25) is 5.02 Å². The van der Waals surface area contributed by atoms with E-state index >= 15 is 0 Å². The van der Waals surface area contributed by atoms with E-state index in [-0.39, 0.29) is 22.0 Å². The van der Waals surface area contributed by atoms with E-state index in [1.54, 1.807) is 36.4 Å². The largest absolute Gasteiger partial charge is 0.494 e. The average molecular weight is 477 g/mol. The van der Waals surface area contributed by atoms with E-state index in [0.29, 0.717) is 12.4 Å². The molecule has 0 aliphatic rings. The molecule has 168 valence electrons. The van der Waals surface area contributed by atoms with E-state index in [2.05, 4.69) is 10.0 Å². The molecule has 0 radical (unpaired) electrons. The molecule has 0 heterocycles. The lowest BCUT2D eigenvalue weighted by Gasteiger charge is -2.19. The average Bonchev–Trinajstić information content (AvgIpc) is 2.77. The standard InChI is InChI=1S/C23H22ClFN2O4S/c1-2-31-18-9-11-19(12-10-18)32(29,30)27-22(14-16-6-4-3-5-7-16)23(28)26-17-8-13-21(25)20(24)15-17/h3-13,15,22,27H,2,14H2,1H3,(H,26,28)/t22-/m0/s1. The molecule has 2 N–H and O–H groups in total. The van der Waals surface area contributed by atoms with Crippen LogP contribution in [-0.2, 0) is 21.2 Å². The highest BCUT2D eigenvalue weighted by atomic mass is 35.5. The number of carbonyl (C=O) groups excluding carboxylic acids is 1. The minimum atomic E-state index is -4.02. The summed E-state index contributed by atoms with van der Waals surface area (Å²) in [6, 6.07) is 17.5. The Labute approximate surface area is 191 Å². The van der Waals surface area contributed by atoms with E-state index in [1.165, 1.54) is 24.3 Å². The van der Waals surface area contributed by atoms with Crippen molar-refractivity contribution in [3.05, 3.63) is 89.2 Å². The first kappa shape index (κ1) is 23.7. The molecule has 3 aromatic carbocycles. The fraction of sp³-hybridized carbons (Fsp3) is 0.174. The lowest BCUT2D eigenvalue weighted by atomic mass is 10.1. The summed E-state index contributed by atoms with van der Waals surface area (Å²) in [5.41, 5.74) is 1.01. The molecule has 3 aromatic rings.